The first-order valence-electron chi connectivity index (χ1n) is 11.4. The zero-order valence-electron chi connectivity index (χ0n) is 19.7. The number of amidine groups is 1. The Morgan fingerprint density at radius 3 is 2.67 bits per heavy atom. The van der Waals surface area contributed by atoms with Crippen LogP contribution < -0.4 is 15.0 Å². The highest BCUT2D eigenvalue weighted by molar-refractivity contribution is 8.15. The molecule has 0 bridgehead atoms. The topological polar surface area (TPSA) is 91.3 Å². The van der Waals surface area contributed by atoms with Gasteiger partial charge in [0.25, 0.3) is 5.91 Å². The molecule has 1 N–H and O–H groups in total. The van der Waals surface area contributed by atoms with E-state index in [1.54, 1.807) is 23.1 Å². The van der Waals surface area contributed by atoms with Crippen molar-refractivity contribution in [2.75, 3.05) is 18.1 Å². The Bertz CT molecular complexity index is 1420. The molecule has 1 spiro atoms. The molecule has 2 aliphatic heterocycles. The maximum atomic E-state index is 13.9. The Hall–Kier alpha value is -3.56. The molecule has 3 aromatic carbocycles. The molecule has 0 fully saturated rings. The number of rotatable bonds is 5. The van der Waals surface area contributed by atoms with E-state index in [2.05, 4.69) is 10.4 Å². The fraction of sp³-hybridized carbons (Fsp3) is 0.231. The van der Waals surface area contributed by atoms with E-state index in [-0.39, 0.29) is 17.0 Å². The summed E-state index contributed by atoms with van der Waals surface area (Å²) >= 11 is 7.33. The normalized spacial score (nSPS) is 18.5. The largest absolute Gasteiger partial charge is 0.493 e. The Balaban J connectivity index is 1.39. The summed E-state index contributed by atoms with van der Waals surface area (Å²) in [7, 11) is 0. The Kier molecular flexibility index (Phi) is 6.36. The quantitative estimate of drug-likeness (QED) is 0.499. The smallest absolute Gasteiger partial charge is 0.270 e. The summed E-state index contributed by atoms with van der Waals surface area (Å²) in [6.07, 6.45) is 0.553. The van der Waals surface area contributed by atoms with Crippen molar-refractivity contribution in [3.05, 3.63) is 71.2 Å². The maximum Gasteiger partial charge on any atom is 0.270 e. The van der Waals surface area contributed by atoms with E-state index in [0.29, 0.717) is 35.8 Å². The van der Waals surface area contributed by atoms with E-state index in [0.717, 1.165) is 33.3 Å². The van der Waals surface area contributed by atoms with Gasteiger partial charge in [-0.05, 0) is 47.8 Å². The summed E-state index contributed by atoms with van der Waals surface area (Å²) in [5.74, 6) is -0.314. The van der Waals surface area contributed by atoms with Gasteiger partial charge < -0.3 is 15.0 Å². The number of halogens is 1. The Morgan fingerprint density at radius 1 is 1.11 bits per heavy atom. The first-order chi connectivity index (χ1) is 17.3. The molecule has 184 valence electrons. The molecule has 0 saturated heterocycles. The van der Waals surface area contributed by atoms with E-state index in [1.165, 1.54) is 13.8 Å². The molecule has 0 saturated carbocycles. The second kappa shape index (κ2) is 9.48. The lowest BCUT2D eigenvalue weighted by Gasteiger charge is -2.29. The number of hydrogen-bond acceptors (Lipinski definition) is 6. The molecule has 0 unspecified atom stereocenters. The lowest BCUT2D eigenvalue weighted by Crippen LogP contribution is -2.48. The van der Waals surface area contributed by atoms with Gasteiger partial charge in [0.15, 0.2) is 5.17 Å². The molecule has 2 aliphatic rings. The van der Waals surface area contributed by atoms with Crippen LogP contribution in [0.5, 0.6) is 5.75 Å². The molecule has 0 aromatic heterocycles. The van der Waals surface area contributed by atoms with Crippen LogP contribution >= 0.6 is 23.4 Å². The third kappa shape index (κ3) is 4.08. The molecular formula is C26H23ClN4O4S. The number of hydrogen-bond donors (Lipinski definition) is 1. The molecule has 8 nitrogen and oxygen atoms in total. The van der Waals surface area contributed by atoms with Gasteiger partial charge >= 0.3 is 0 Å². The second-order valence-corrected chi connectivity index (χ2v) is 10.1. The summed E-state index contributed by atoms with van der Waals surface area (Å²) in [5, 5.41) is 10.7. The van der Waals surface area contributed by atoms with E-state index in [9.17, 15) is 14.4 Å². The lowest BCUT2D eigenvalue weighted by atomic mass is 10.1. The number of nitrogens with zero attached hydrogens (tertiary/aromatic N) is 3. The summed E-state index contributed by atoms with van der Waals surface area (Å²) in [5.41, 5.74) is 1.20. The Labute approximate surface area is 217 Å². The van der Waals surface area contributed by atoms with Crippen LogP contribution in [0, 0.1) is 0 Å². The van der Waals surface area contributed by atoms with Crippen molar-refractivity contribution in [3.8, 4) is 5.75 Å². The number of thioether (sulfide) groups is 1. The van der Waals surface area contributed by atoms with Gasteiger partial charge in [0.1, 0.15) is 5.75 Å². The number of benzene rings is 3. The number of amides is 3. The molecule has 1 atom stereocenters. The summed E-state index contributed by atoms with van der Waals surface area (Å²) < 4.78 is 6.06. The van der Waals surface area contributed by atoms with Crippen LogP contribution in [0.1, 0.15) is 25.8 Å². The van der Waals surface area contributed by atoms with Gasteiger partial charge in [-0.3, -0.25) is 14.4 Å². The molecule has 10 heteroatoms. The molecular weight excluding hydrogens is 500 g/mol. The van der Waals surface area contributed by atoms with Crippen LogP contribution in [0.15, 0.2) is 65.8 Å². The number of carbonyl (C=O) groups excluding carboxylic acids is 3. The van der Waals surface area contributed by atoms with Gasteiger partial charge in [-0.15, -0.1) is 5.10 Å². The van der Waals surface area contributed by atoms with Crippen molar-refractivity contribution in [2.45, 2.75) is 25.1 Å². The fourth-order valence-corrected chi connectivity index (χ4v) is 6.03. The highest BCUT2D eigenvalue weighted by atomic mass is 35.5. The van der Waals surface area contributed by atoms with E-state index in [4.69, 9.17) is 16.3 Å². The first kappa shape index (κ1) is 24.1. The Morgan fingerprint density at radius 2 is 1.89 bits per heavy atom. The summed E-state index contributed by atoms with van der Waals surface area (Å²) in [6.45, 7) is 3.43. The van der Waals surface area contributed by atoms with E-state index >= 15 is 0 Å². The van der Waals surface area contributed by atoms with Crippen LogP contribution in [-0.4, -0.2) is 41.0 Å². The van der Waals surface area contributed by atoms with Gasteiger partial charge in [-0.2, -0.15) is 5.01 Å². The van der Waals surface area contributed by atoms with Crippen molar-refractivity contribution in [2.24, 2.45) is 5.10 Å². The van der Waals surface area contributed by atoms with Crippen molar-refractivity contribution >= 4 is 62.7 Å². The maximum absolute atomic E-state index is 13.9. The standard InChI is InChI=1S/C26H23ClN4O4S/c1-16(32)28-25-29-31(17(2)33)26(36-25)21-15-19(27)11-12-22(21)30(24(26)34)13-6-14-35-23-10-5-8-18-7-3-4-9-20(18)23/h3-5,7-12,15H,6,13-14H2,1-2H3,(H,28,29,32)/t26-/m1/s1. The number of nitrogens with one attached hydrogen (secondary N) is 1. The van der Waals surface area contributed by atoms with Gasteiger partial charge in [0, 0.05) is 36.4 Å². The zero-order valence-corrected chi connectivity index (χ0v) is 21.2. The van der Waals surface area contributed by atoms with Gasteiger partial charge in [-0.1, -0.05) is 48.0 Å². The monoisotopic (exact) mass is 522 g/mol. The molecule has 36 heavy (non-hydrogen) atoms. The van der Waals surface area contributed by atoms with Crippen LogP contribution in [0.25, 0.3) is 10.8 Å². The molecule has 3 amide bonds. The molecule has 0 radical (unpaired) electrons. The lowest BCUT2D eigenvalue weighted by molar-refractivity contribution is -0.139. The average molecular weight is 523 g/mol. The minimum Gasteiger partial charge on any atom is -0.493 e. The molecule has 0 aliphatic carbocycles. The predicted molar refractivity (Wildman–Crippen MR) is 141 cm³/mol. The minimum atomic E-state index is -1.47. The molecule has 3 aromatic rings. The zero-order chi connectivity index (χ0) is 25.4. The summed E-state index contributed by atoms with van der Waals surface area (Å²) in [6, 6.07) is 19.1. The SMILES string of the molecule is CC(=O)NC1=NN(C(C)=O)[C@]2(S1)C(=O)N(CCCOc1cccc3ccccc13)c1ccc(Cl)cc12. The molecule has 2 heterocycles. The third-order valence-electron chi connectivity index (χ3n) is 6.00. The van der Waals surface area contributed by atoms with Crippen molar-refractivity contribution < 1.29 is 19.1 Å². The highest BCUT2D eigenvalue weighted by Gasteiger charge is 2.61. The second-order valence-electron chi connectivity index (χ2n) is 8.46. The fourth-order valence-electron chi connectivity index (χ4n) is 4.53. The van der Waals surface area contributed by atoms with Crippen LogP contribution in [0.2, 0.25) is 5.02 Å². The van der Waals surface area contributed by atoms with E-state index in [1.807, 2.05) is 42.5 Å². The van der Waals surface area contributed by atoms with Crippen molar-refractivity contribution in [3.63, 3.8) is 0 Å². The van der Waals surface area contributed by atoms with E-state index < -0.39 is 10.8 Å². The van der Waals surface area contributed by atoms with Crippen LogP contribution in [0.3, 0.4) is 0 Å². The van der Waals surface area contributed by atoms with Gasteiger partial charge in [0.05, 0.1) is 12.3 Å². The number of carbonyl (C=O) groups is 3. The van der Waals surface area contributed by atoms with Crippen molar-refractivity contribution in [1.82, 2.24) is 10.3 Å². The molecule has 5 rings (SSSR count). The minimum absolute atomic E-state index is 0.179. The number of ether oxygens (including phenoxy) is 1. The number of hydrazone groups is 1. The number of anilines is 1. The van der Waals surface area contributed by atoms with Crippen molar-refractivity contribution in [1.29, 1.82) is 0 Å². The summed E-state index contributed by atoms with van der Waals surface area (Å²) in [4.78, 5) is 38.3. The van der Waals surface area contributed by atoms with Crippen LogP contribution in [-0.2, 0) is 19.3 Å². The predicted octanol–water partition coefficient (Wildman–Crippen LogP) is 4.46. The average Bonchev–Trinajstić information content (AvgIpc) is 3.33. The van der Waals surface area contributed by atoms with Gasteiger partial charge in [0.2, 0.25) is 16.7 Å². The number of fused-ring (bicyclic) bond motifs is 3. The highest BCUT2D eigenvalue weighted by Crippen LogP contribution is 2.54. The first-order valence-corrected chi connectivity index (χ1v) is 12.6. The van der Waals surface area contributed by atoms with Crippen LogP contribution in [0.4, 0.5) is 5.69 Å². The van der Waals surface area contributed by atoms with Gasteiger partial charge in [-0.25, -0.2) is 0 Å². The third-order valence-corrected chi connectivity index (χ3v) is 7.47.